The molecule has 1 aliphatic carbocycles. The highest BCUT2D eigenvalue weighted by Crippen LogP contribution is 2.37. The summed E-state index contributed by atoms with van der Waals surface area (Å²) in [6.07, 6.45) is 8.29. The summed E-state index contributed by atoms with van der Waals surface area (Å²) in [5.41, 5.74) is 0. The summed E-state index contributed by atoms with van der Waals surface area (Å²) in [6, 6.07) is 0.780. The molecule has 1 nitrogen and oxygen atoms in total. The second-order valence-corrected chi connectivity index (χ2v) is 5.78. The predicted octanol–water partition coefficient (Wildman–Crippen LogP) is 4.23. The molecule has 0 aromatic carbocycles. The first-order valence-electron chi connectivity index (χ1n) is 7.44. The van der Waals surface area contributed by atoms with Crippen LogP contribution in [0.5, 0.6) is 0 Å². The molecule has 1 saturated carbocycles. The summed E-state index contributed by atoms with van der Waals surface area (Å²) < 4.78 is 0. The summed E-state index contributed by atoms with van der Waals surface area (Å²) in [7, 11) is 0. The first-order valence-corrected chi connectivity index (χ1v) is 7.44. The van der Waals surface area contributed by atoms with Crippen molar-refractivity contribution < 1.29 is 0 Å². The molecule has 0 aliphatic heterocycles. The van der Waals surface area contributed by atoms with Gasteiger partial charge in [0.2, 0.25) is 0 Å². The van der Waals surface area contributed by atoms with Gasteiger partial charge in [-0.15, -0.1) is 0 Å². The molecule has 96 valence electrons. The predicted molar refractivity (Wildman–Crippen MR) is 72.7 cm³/mol. The molecule has 0 bridgehead atoms. The largest absolute Gasteiger partial charge is 0.314 e. The zero-order valence-electron chi connectivity index (χ0n) is 11.8. The summed E-state index contributed by atoms with van der Waals surface area (Å²) >= 11 is 0. The van der Waals surface area contributed by atoms with Crippen molar-refractivity contribution >= 4 is 0 Å². The highest BCUT2D eigenvalue weighted by atomic mass is 14.9. The average Bonchev–Trinajstić information content (AvgIpc) is 2.28. The van der Waals surface area contributed by atoms with Crippen LogP contribution in [0.15, 0.2) is 0 Å². The van der Waals surface area contributed by atoms with Gasteiger partial charge < -0.3 is 5.32 Å². The molecule has 4 unspecified atom stereocenters. The van der Waals surface area contributed by atoms with E-state index in [1.807, 2.05) is 0 Å². The van der Waals surface area contributed by atoms with Crippen LogP contribution in [-0.4, -0.2) is 12.6 Å². The molecular weight excluding hydrogens is 194 g/mol. The molecule has 1 heteroatoms. The molecule has 0 heterocycles. The molecule has 0 spiro atoms. The van der Waals surface area contributed by atoms with E-state index in [9.17, 15) is 0 Å². The Morgan fingerprint density at radius 3 is 2.50 bits per heavy atom. The third-order valence-electron chi connectivity index (χ3n) is 4.54. The zero-order chi connectivity index (χ0) is 12.0. The minimum atomic E-state index is 0.780. The molecule has 0 aromatic heterocycles. The van der Waals surface area contributed by atoms with Gasteiger partial charge in [-0.3, -0.25) is 0 Å². The van der Waals surface area contributed by atoms with E-state index in [1.54, 1.807) is 0 Å². The molecule has 0 amide bonds. The van der Waals surface area contributed by atoms with Gasteiger partial charge in [-0.1, -0.05) is 47.0 Å². The molecule has 0 saturated heterocycles. The van der Waals surface area contributed by atoms with Gasteiger partial charge in [0.15, 0.2) is 0 Å². The van der Waals surface area contributed by atoms with Crippen molar-refractivity contribution in [2.45, 2.75) is 72.3 Å². The fourth-order valence-corrected chi connectivity index (χ4v) is 3.30. The van der Waals surface area contributed by atoms with E-state index in [1.165, 1.54) is 45.1 Å². The van der Waals surface area contributed by atoms with Crippen molar-refractivity contribution in [1.82, 2.24) is 5.32 Å². The smallest absolute Gasteiger partial charge is 0.00978 e. The van der Waals surface area contributed by atoms with Crippen molar-refractivity contribution in [3.05, 3.63) is 0 Å². The van der Waals surface area contributed by atoms with E-state index in [0.29, 0.717) is 0 Å². The summed E-state index contributed by atoms with van der Waals surface area (Å²) in [6.45, 7) is 10.7. The zero-order valence-corrected chi connectivity index (χ0v) is 11.8. The Balaban J connectivity index is 2.53. The second kappa shape index (κ2) is 7.32. The van der Waals surface area contributed by atoms with Crippen molar-refractivity contribution in [2.24, 2.45) is 17.8 Å². The Morgan fingerprint density at radius 2 is 1.88 bits per heavy atom. The maximum Gasteiger partial charge on any atom is 0.00978 e. The van der Waals surface area contributed by atoms with Crippen LogP contribution in [0, 0.1) is 17.8 Å². The summed E-state index contributed by atoms with van der Waals surface area (Å²) in [4.78, 5) is 0. The molecule has 16 heavy (non-hydrogen) atoms. The van der Waals surface area contributed by atoms with Crippen LogP contribution in [0.25, 0.3) is 0 Å². The van der Waals surface area contributed by atoms with E-state index in [-0.39, 0.29) is 0 Å². The van der Waals surface area contributed by atoms with Gasteiger partial charge in [0.05, 0.1) is 0 Å². The number of hydrogen-bond donors (Lipinski definition) is 1. The van der Waals surface area contributed by atoms with Gasteiger partial charge in [-0.05, 0) is 43.6 Å². The average molecular weight is 225 g/mol. The SMILES string of the molecule is CCCNC(CCC)C1CCCC(C)C1C. The van der Waals surface area contributed by atoms with Crippen molar-refractivity contribution in [2.75, 3.05) is 6.54 Å². The molecule has 4 atom stereocenters. The summed E-state index contributed by atoms with van der Waals surface area (Å²) in [5.74, 6) is 2.77. The third-order valence-corrected chi connectivity index (χ3v) is 4.54. The molecule has 1 N–H and O–H groups in total. The van der Waals surface area contributed by atoms with Gasteiger partial charge in [-0.2, -0.15) is 0 Å². The maximum atomic E-state index is 3.79. The normalized spacial score (nSPS) is 32.6. The number of rotatable bonds is 6. The highest BCUT2D eigenvalue weighted by Gasteiger charge is 2.31. The topological polar surface area (TPSA) is 12.0 Å². The molecule has 0 aromatic rings. The number of nitrogens with one attached hydrogen (secondary N) is 1. The lowest BCUT2D eigenvalue weighted by Crippen LogP contribution is -2.42. The fourth-order valence-electron chi connectivity index (χ4n) is 3.30. The van der Waals surface area contributed by atoms with Crippen LogP contribution >= 0.6 is 0 Å². The fraction of sp³-hybridized carbons (Fsp3) is 1.00. The van der Waals surface area contributed by atoms with Crippen LogP contribution in [0.4, 0.5) is 0 Å². The lowest BCUT2D eigenvalue weighted by molar-refractivity contribution is 0.135. The van der Waals surface area contributed by atoms with Crippen molar-refractivity contribution in [1.29, 1.82) is 0 Å². The van der Waals surface area contributed by atoms with E-state index in [2.05, 4.69) is 33.0 Å². The minimum absolute atomic E-state index is 0.780. The van der Waals surface area contributed by atoms with Crippen LogP contribution in [0.1, 0.15) is 66.2 Å². The number of hydrogen-bond acceptors (Lipinski definition) is 1. The Labute approximate surface area is 102 Å². The van der Waals surface area contributed by atoms with Crippen LogP contribution < -0.4 is 5.32 Å². The third kappa shape index (κ3) is 3.76. The molecule has 1 fully saturated rings. The van der Waals surface area contributed by atoms with Gasteiger partial charge in [0.25, 0.3) is 0 Å². The van der Waals surface area contributed by atoms with Crippen LogP contribution in [0.2, 0.25) is 0 Å². The lowest BCUT2D eigenvalue weighted by atomic mass is 9.70. The molecule has 1 aliphatic rings. The van der Waals surface area contributed by atoms with Gasteiger partial charge in [-0.25, -0.2) is 0 Å². The van der Waals surface area contributed by atoms with Crippen LogP contribution in [-0.2, 0) is 0 Å². The first-order chi connectivity index (χ1) is 7.70. The Bertz CT molecular complexity index is 178. The van der Waals surface area contributed by atoms with E-state index in [4.69, 9.17) is 0 Å². The quantitative estimate of drug-likeness (QED) is 0.713. The van der Waals surface area contributed by atoms with Crippen molar-refractivity contribution in [3.8, 4) is 0 Å². The maximum absolute atomic E-state index is 3.79. The Morgan fingerprint density at radius 1 is 1.12 bits per heavy atom. The Hall–Kier alpha value is -0.0400. The van der Waals surface area contributed by atoms with Gasteiger partial charge in [0, 0.05) is 6.04 Å². The monoisotopic (exact) mass is 225 g/mol. The molecular formula is C15H31N. The van der Waals surface area contributed by atoms with Crippen LogP contribution in [0.3, 0.4) is 0 Å². The van der Waals surface area contributed by atoms with E-state index < -0.39 is 0 Å². The van der Waals surface area contributed by atoms with Crippen molar-refractivity contribution in [3.63, 3.8) is 0 Å². The molecule has 1 rings (SSSR count). The van der Waals surface area contributed by atoms with Gasteiger partial charge >= 0.3 is 0 Å². The lowest BCUT2D eigenvalue weighted by Gasteiger charge is -2.39. The Kier molecular flexibility index (Phi) is 6.41. The highest BCUT2D eigenvalue weighted by molar-refractivity contribution is 4.85. The first kappa shape index (κ1) is 14.0. The standard InChI is InChI=1S/C15H31N/c1-5-8-15(16-11-6-2)14-10-7-9-12(3)13(14)4/h12-16H,5-11H2,1-4H3. The molecule has 0 radical (unpaired) electrons. The van der Waals surface area contributed by atoms with Gasteiger partial charge in [0.1, 0.15) is 0 Å². The van der Waals surface area contributed by atoms with E-state index >= 15 is 0 Å². The second-order valence-electron chi connectivity index (χ2n) is 5.78. The van der Waals surface area contributed by atoms with E-state index in [0.717, 1.165) is 23.8 Å². The summed E-state index contributed by atoms with van der Waals surface area (Å²) in [5, 5.41) is 3.79. The minimum Gasteiger partial charge on any atom is -0.314 e.